The number of ether oxygens (including phenoxy) is 1. The van der Waals surface area contributed by atoms with Crippen molar-refractivity contribution in [3.8, 4) is 17.2 Å². The van der Waals surface area contributed by atoms with E-state index in [0.29, 0.717) is 24.8 Å². The fourth-order valence-electron chi connectivity index (χ4n) is 1.34. The minimum Gasteiger partial charge on any atom is -0.474 e. The van der Waals surface area contributed by atoms with Crippen LogP contribution in [0.15, 0.2) is 34.9 Å². The Morgan fingerprint density at radius 1 is 1.31 bits per heavy atom. The van der Waals surface area contributed by atoms with Crippen LogP contribution in [0.3, 0.4) is 0 Å². The summed E-state index contributed by atoms with van der Waals surface area (Å²) < 4.78 is 10.4. The lowest BCUT2D eigenvalue weighted by Crippen LogP contribution is -2.10. The lowest BCUT2D eigenvalue weighted by Gasteiger charge is -1.96. The van der Waals surface area contributed by atoms with Crippen molar-refractivity contribution in [2.75, 3.05) is 13.2 Å². The highest BCUT2D eigenvalue weighted by atomic mass is 16.5. The highest BCUT2D eigenvalue weighted by molar-refractivity contribution is 5.58. The van der Waals surface area contributed by atoms with Gasteiger partial charge in [0.25, 0.3) is 5.88 Å². The molecule has 1 heterocycles. The third-order valence-corrected chi connectivity index (χ3v) is 2.19. The van der Waals surface area contributed by atoms with Crippen LogP contribution in [0.25, 0.3) is 11.3 Å². The predicted molar refractivity (Wildman–Crippen MR) is 61.2 cm³/mol. The average molecular weight is 218 g/mol. The molecule has 4 nitrogen and oxygen atoms in total. The SMILES string of the molecule is Cc1ccc(-c2cc(OCCN)no2)cc1. The van der Waals surface area contributed by atoms with Crippen molar-refractivity contribution >= 4 is 0 Å². The van der Waals surface area contributed by atoms with Crippen molar-refractivity contribution in [2.45, 2.75) is 6.92 Å². The number of nitrogens with two attached hydrogens (primary N) is 1. The molecule has 2 N–H and O–H groups in total. The Hall–Kier alpha value is -1.81. The van der Waals surface area contributed by atoms with Crippen LogP contribution >= 0.6 is 0 Å². The predicted octanol–water partition coefficient (Wildman–Crippen LogP) is 1.99. The van der Waals surface area contributed by atoms with Gasteiger partial charge in [0.05, 0.1) is 0 Å². The molecule has 0 saturated heterocycles. The van der Waals surface area contributed by atoms with Crippen LogP contribution in [0.5, 0.6) is 5.88 Å². The van der Waals surface area contributed by atoms with Gasteiger partial charge in [-0.15, -0.1) is 0 Å². The zero-order chi connectivity index (χ0) is 11.4. The topological polar surface area (TPSA) is 61.3 Å². The van der Waals surface area contributed by atoms with Gasteiger partial charge in [0.15, 0.2) is 5.76 Å². The molecule has 2 rings (SSSR count). The molecular weight excluding hydrogens is 204 g/mol. The Bertz CT molecular complexity index is 448. The highest BCUT2D eigenvalue weighted by Gasteiger charge is 2.06. The van der Waals surface area contributed by atoms with Gasteiger partial charge in [-0.05, 0) is 12.1 Å². The Morgan fingerprint density at radius 2 is 2.06 bits per heavy atom. The van der Waals surface area contributed by atoms with Gasteiger partial charge in [-0.3, -0.25) is 0 Å². The van der Waals surface area contributed by atoms with E-state index < -0.39 is 0 Å². The first kappa shape index (κ1) is 10.7. The molecule has 16 heavy (non-hydrogen) atoms. The molecule has 0 amide bonds. The van der Waals surface area contributed by atoms with Crippen molar-refractivity contribution in [2.24, 2.45) is 5.73 Å². The maximum atomic E-state index is 5.33. The van der Waals surface area contributed by atoms with E-state index in [2.05, 4.69) is 5.16 Å². The number of aryl methyl sites for hydroxylation is 1. The van der Waals surface area contributed by atoms with E-state index in [4.69, 9.17) is 15.0 Å². The first-order chi connectivity index (χ1) is 7.79. The van der Waals surface area contributed by atoms with Gasteiger partial charge in [-0.25, -0.2) is 0 Å². The third kappa shape index (κ3) is 2.41. The lowest BCUT2D eigenvalue weighted by molar-refractivity contribution is 0.288. The van der Waals surface area contributed by atoms with Gasteiger partial charge in [-0.1, -0.05) is 29.8 Å². The Balaban J connectivity index is 2.15. The first-order valence-corrected chi connectivity index (χ1v) is 5.16. The third-order valence-electron chi connectivity index (χ3n) is 2.19. The number of hydrogen-bond acceptors (Lipinski definition) is 4. The number of benzene rings is 1. The second-order valence-corrected chi connectivity index (χ2v) is 3.53. The lowest BCUT2D eigenvalue weighted by atomic mass is 10.1. The molecule has 2 aromatic rings. The molecule has 1 aromatic carbocycles. The van der Waals surface area contributed by atoms with Gasteiger partial charge in [0.2, 0.25) is 0 Å². The van der Waals surface area contributed by atoms with E-state index in [0.717, 1.165) is 5.56 Å². The molecule has 0 saturated carbocycles. The summed E-state index contributed by atoms with van der Waals surface area (Å²) in [5.74, 6) is 1.17. The molecule has 0 atom stereocenters. The molecule has 0 fully saturated rings. The van der Waals surface area contributed by atoms with Crippen LogP contribution < -0.4 is 10.5 Å². The Kier molecular flexibility index (Phi) is 3.22. The first-order valence-electron chi connectivity index (χ1n) is 5.16. The minimum atomic E-state index is 0.444. The van der Waals surface area contributed by atoms with Crippen molar-refractivity contribution in [3.05, 3.63) is 35.9 Å². The van der Waals surface area contributed by atoms with E-state index in [9.17, 15) is 0 Å². The summed E-state index contributed by atoms with van der Waals surface area (Å²) in [7, 11) is 0. The zero-order valence-electron chi connectivity index (χ0n) is 9.14. The standard InChI is InChI=1S/C12H14N2O2/c1-9-2-4-10(5-3-9)11-8-12(14-16-11)15-7-6-13/h2-5,8H,6-7,13H2,1H3. The average Bonchev–Trinajstić information content (AvgIpc) is 2.76. The van der Waals surface area contributed by atoms with Crippen LogP contribution in [0.2, 0.25) is 0 Å². The van der Waals surface area contributed by atoms with E-state index in [1.807, 2.05) is 31.2 Å². The molecular formula is C12H14N2O2. The summed E-state index contributed by atoms with van der Waals surface area (Å²) in [6.07, 6.45) is 0. The molecule has 84 valence electrons. The second kappa shape index (κ2) is 4.81. The molecule has 0 aliphatic rings. The molecule has 0 radical (unpaired) electrons. The van der Waals surface area contributed by atoms with E-state index in [1.54, 1.807) is 6.07 Å². The molecule has 0 bridgehead atoms. The molecule has 0 aliphatic carbocycles. The van der Waals surface area contributed by atoms with E-state index in [1.165, 1.54) is 5.56 Å². The fourth-order valence-corrected chi connectivity index (χ4v) is 1.34. The summed E-state index contributed by atoms with van der Waals surface area (Å²) >= 11 is 0. The van der Waals surface area contributed by atoms with Crippen molar-refractivity contribution < 1.29 is 9.26 Å². The number of aromatic nitrogens is 1. The number of hydrogen-bond donors (Lipinski definition) is 1. The number of rotatable bonds is 4. The van der Waals surface area contributed by atoms with Gasteiger partial charge in [0.1, 0.15) is 6.61 Å². The highest BCUT2D eigenvalue weighted by Crippen LogP contribution is 2.23. The van der Waals surface area contributed by atoms with Gasteiger partial charge >= 0.3 is 0 Å². The normalized spacial score (nSPS) is 10.4. The van der Waals surface area contributed by atoms with Crippen molar-refractivity contribution in [1.29, 1.82) is 0 Å². The minimum absolute atomic E-state index is 0.444. The Labute approximate surface area is 94.0 Å². The van der Waals surface area contributed by atoms with E-state index in [-0.39, 0.29) is 0 Å². The summed E-state index contributed by atoms with van der Waals surface area (Å²) in [5.41, 5.74) is 7.53. The monoisotopic (exact) mass is 218 g/mol. The van der Waals surface area contributed by atoms with Crippen LogP contribution in [-0.2, 0) is 0 Å². The van der Waals surface area contributed by atoms with Crippen LogP contribution in [-0.4, -0.2) is 18.3 Å². The summed E-state index contributed by atoms with van der Waals surface area (Å²) in [4.78, 5) is 0. The molecule has 0 unspecified atom stereocenters. The largest absolute Gasteiger partial charge is 0.474 e. The number of nitrogens with zero attached hydrogens (tertiary/aromatic N) is 1. The summed E-state index contributed by atoms with van der Waals surface area (Å²) in [6, 6.07) is 9.79. The van der Waals surface area contributed by atoms with Crippen LogP contribution in [0, 0.1) is 6.92 Å². The zero-order valence-corrected chi connectivity index (χ0v) is 9.14. The van der Waals surface area contributed by atoms with Gasteiger partial charge in [-0.2, -0.15) is 0 Å². The molecule has 0 aliphatic heterocycles. The summed E-state index contributed by atoms with van der Waals surface area (Å²) in [6.45, 7) is 2.95. The van der Waals surface area contributed by atoms with Crippen molar-refractivity contribution in [1.82, 2.24) is 5.16 Å². The maximum absolute atomic E-state index is 5.33. The fraction of sp³-hybridized carbons (Fsp3) is 0.250. The quantitative estimate of drug-likeness (QED) is 0.852. The maximum Gasteiger partial charge on any atom is 0.254 e. The molecule has 1 aromatic heterocycles. The molecule has 4 heteroatoms. The van der Waals surface area contributed by atoms with E-state index >= 15 is 0 Å². The van der Waals surface area contributed by atoms with Crippen LogP contribution in [0.4, 0.5) is 0 Å². The second-order valence-electron chi connectivity index (χ2n) is 3.53. The van der Waals surface area contributed by atoms with Gasteiger partial charge in [0, 0.05) is 18.2 Å². The van der Waals surface area contributed by atoms with Crippen molar-refractivity contribution in [3.63, 3.8) is 0 Å². The van der Waals surface area contributed by atoms with Crippen LogP contribution in [0.1, 0.15) is 5.56 Å². The van der Waals surface area contributed by atoms with Gasteiger partial charge < -0.3 is 15.0 Å². The summed E-state index contributed by atoms with van der Waals surface area (Å²) in [5, 5.41) is 3.80. The molecule has 0 spiro atoms. The smallest absolute Gasteiger partial charge is 0.254 e. The Morgan fingerprint density at radius 3 is 2.75 bits per heavy atom.